The third-order valence-electron chi connectivity index (χ3n) is 3.79. The smallest absolute Gasteiger partial charge is 0.159 e. The van der Waals surface area contributed by atoms with Crippen molar-refractivity contribution in [1.29, 1.82) is 0 Å². The van der Waals surface area contributed by atoms with Crippen LogP contribution in [0.5, 0.6) is 0 Å². The Bertz CT molecular complexity index is 623. The minimum Gasteiger partial charge on any atom is -0.314 e. The van der Waals surface area contributed by atoms with Crippen LogP contribution in [0.3, 0.4) is 0 Å². The van der Waals surface area contributed by atoms with Crippen LogP contribution in [-0.4, -0.2) is 36.1 Å². The topological polar surface area (TPSA) is 28.2 Å². The van der Waals surface area contributed by atoms with E-state index in [1.54, 1.807) is 17.4 Å². The van der Waals surface area contributed by atoms with E-state index in [0.717, 1.165) is 37.3 Å². The fourth-order valence-electron chi connectivity index (χ4n) is 2.49. The van der Waals surface area contributed by atoms with E-state index in [0.29, 0.717) is 11.3 Å². The minimum absolute atomic E-state index is 0.246. The van der Waals surface area contributed by atoms with Gasteiger partial charge in [0, 0.05) is 37.1 Å². The lowest BCUT2D eigenvalue weighted by molar-refractivity contribution is 0.185. The molecule has 21 heavy (non-hydrogen) atoms. The highest BCUT2D eigenvalue weighted by atomic mass is 32.1. The van der Waals surface area contributed by atoms with Gasteiger partial charge in [-0.25, -0.2) is 13.8 Å². The van der Waals surface area contributed by atoms with E-state index in [-0.39, 0.29) is 6.04 Å². The highest BCUT2D eigenvalue weighted by Crippen LogP contribution is 2.29. The summed E-state index contributed by atoms with van der Waals surface area (Å²) in [5.74, 6) is -1.67. The van der Waals surface area contributed by atoms with Crippen molar-refractivity contribution in [3.63, 3.8) is 0 Å². The zero-order valence-corrected chi connectivity index (χ0v) is 12.6. The number of thiazole rings is 1. The third-order valence-corrected chi connectivity index (χ3v) is 4.81. The number of halogens is 2. The number of rotatable bonds is 3. The van der Waals surface area contributed by atoms with Crippen LogP contribution in [-0.2, 0) is 0 Å². The van der Waals surface area contributed by atoms with Gasteiger partial charge in [-0.05, 0) is 25.1 Å². The number of hydrogen-bond donors (Lipinski definition) is 1. The normalized spacial score (nSPS) is 17.9. The van der Waals surface area contributed by atoms with Gasteiger partial charge in [0.1, 0.15) is 5.01 Å². The number of piperazine rings is 1. The average Bonchev–Trinajstić information content (AvgIpc) is 3.00. The van der Waals surface area contributed by atoms with Gasteiger partial charge < -0.3 is 5.32 Å². The molecule has 0 aliphatic carbocycles. The number of benzene rings is 1. The van der Waals surface area contributed by atoms with Crippen LogP contribution in [0.4, 0.5) is 8.78 Å². The fourth-order valence-corrected chi connectivity index (χ4v) is 3.41. The highest BCUT2D eigenvalue weighted by Gasteiger charge is 2.20. The second-order valence-electron chi connectivity index (χ2n) is 5.16. The van der Waals surface area contributed by atoms with Crippen LogP contribution >= 0.6 is 11.3 Å². The van der Waals surface area contributed by atoms with Gasteiger partial charge in [-0.15, -0.1) is 11.3 Å². The summed E-state index contributed by atoms with van der Waals surface area (Å²) in [6.07, 6.45) is 0. The summed E-state index contributed by atoms with van der Waals surface area (Å²) in [5.41, 5.74) is 1.32. The maximum atomic E-state index is 13.3. The summed E-state index contributed by atoms with van der Waals surface area (Å²) in [5, 5.41) is 6.24. The van der Waals surface area contributed by atoms with Gasteiger partial charge in [0.05, 0.1) is 11.7 Å². The molecular formula is C15H17F2N3S. The lowest BCUT2D eigenvalue weighted by Crippen LogP contribution is -2.44. The Morgan fingerprint density at radius 2 is 2.00 bits per heavy atom. The molecule has 1 atom stereocenters. The van der Waals surface area contributed by atoms with E-state index in [4.69, 9.17) is 0 Å². The van der Waals surface area contributed by atoms with E-state index >= 15 is 0 Å². The molecule has 3 rings (SSSR count). The predicted molar refractivity (Wildman–Crippen MR) is 80.3 cm³/mol. The van der Waals surface area contributed by atoms with Crippen molar-refractivity contribution in [2.45, 2.75) is 13.0 Å². The van der Waals surface area contributed by atoms with E-state index < -0.39 is 11.6 Å². The maximum absolute atomic E-state index is 13.3. The molecule has 0 bridgehead atoms. The summed E-state index contributed by atoms with van der Waals surface area (Å²) in [6, 6.07) is 4.15. The number of nitrogens with zero attached hydrogens (tertiary/aromatic N) is 2. The molecule has 0 amide bonds. The molecule has 0 saturated carbocycles. The van der Waals surface area contributed by atoms with Gasteiger partial charge in [0.2, 0.25) is 0 Å². The Morgan fingerprint density at radius 3 is 2.71 bits per heavy atom. The molecule has 112 valence electrons. The average molecular weight is 309 g/mol. The molecule has 1 aromatic carbocycles. The van der Waals surface area contributed by atoms with Crippen molar-refractivity contribution in [2.75, 3.05) is 26.2 Å². The molecule has 2 heterocycles. The Morgan fingerprint density at radius 1 is 1.24 bits per heavy atom. The van der Waals surface area contributed by atoms with Gasteiger partial charge in [-0.3, -0.25) is 4.90 Å². The standard InChI is InChI=1S/C15H17F2N3S/c1-10(20-6-4-18-5-7-20)15-19-14(9-21-15)11-2-3-12(16)13(17)8-11/h2-3,8-10,18H,4-7H2,1H3. The Hall–Kier alpha value is -1.37. The van der Waals surface area contributed by atoms with Crippen LogP contribution in [0.2, 0.25) is 0 Å². The third kappa shape index (κ3) is 3.12. The molecular weight excluding hydrogens is 292 g/mol. The first-order chi connectivity index (χ1) is 10.1. The molecule has 1 saturated heterocycles. The minimum atomic E-state index is -0.836. The van der Waals surface area contributed by atoms with Crippen molar-refractivity contribution in [1.82, 2.24) is 15.2 Å². The van der Waals surface area contributed by atoms with Crippen molar-refractivity contribution < 1.29 is 8.78 Å². The van der Waals surface area contributed by atoms with Crippen LogP contribution < -0.4 is 5.32 Å². The fraction of sp³-hybridized carbons (Fsp3) is 0.400. The lowest BCUT2D eigenvalue weighted by Gasteiger charge is -2.31. The first-order valence-electron chi connectivity index (χ1n) is 7.01. The van der Waals surface area contributed by atoms with Crippen molar-refractivity contribution >= 4 is 11.3 Å². The molecule has 1 aliphatic heterocycles. The van der Waals surface area contributed by atoms with Crippen LogP contribution in [0.25, 0.3) is 11.3 Å². The summed E-state index contributed by atoms with van der Waals surface area (Å²) >= 11 is 1.57. The molecule has 0 spiro atoms. The summed E-state index contributed by atoms with van der Waals surface area (Å²) in [4.78, 5) is 6.97. The predicted octanol–water partition coefficient (Wildman–Crippen LogP) is 3.05. The zero-order chi connectivity index (χ0) is 14.8. The van der Waals surface area contributed by atoms with E-state index in [1.807, 2.05) is 5.38 Å². The van der Waals surface area contributed by atoms with Crippen molar-refractivity contribution in [2.24, 2.45) is 0 Å². The van der Waals surface area contributed by atoms with Gasteiger partial charge in [-0.2, -0.15) is 0 Å². The molecule has 6 heteroatoms. The van der Waals surface area contributed by atoms with Gasteiger partial charge >= 0.3 is 0 Å². The summed E-state index contributed by atoms with van der Waals surface area (Å²) < 4.78 is 26.3. The van der Waals surface area contributed by atoms with E-state index in [9.17, 15) is 8.78 Å². The Balaban J connectivity index is 1.80. The summed E-state index contributed by atoms with van der Waals surface area (Å²) in [7, 11) is 0. The number of aromatic nitrogens is 1. The Labute approximate surface area is 126 Å². The van der Waals surface area contributed by atoms with E-state index in [2.05, 4.69) is 22.1 Å². The first kappa shape index (κ1) is 14.6. The van der Waals surface area contributed by atoms with Crippen molar-refractivity contribution in [3.05, 3.63) is 40.2 Å². The zero-order valence-electron chi connectivity index (χ0n) is 11.8. The highest BCUT2D eigenvalue weighted by molar-refractivity contribution is 7.10. The van der Waals surface area contributed by atoms with Gasteiger partial charge in [-0.1, -0.05) is 0 Å². The second kappa shape index (κ2) is 6.17. The number of hydrogen-bond acceptors (Lipinski definition) is 4. The maximum Gasteiger partial charge on any atom is 0.159 e. The van der Waals surface area contributed by atoms with Crippen LogP contribution in [0, 0.1) is 11.6 Å². The number of nitrogens with one attached hydrogen (secondary N) is 1. The van der Waals surface area contributed by atoms with E-state index in [1.165, 1.54) is 6.07 Å². The second-order valence-corrected chi connectivity index (χ2v) is 6.05. The molecule has 2 aromatic rings. The largest absolute Gasteiger partial charge is 0.314 e. The Kier molecular flexibility index (Phi) is 4.28. The SMILES string of the molecule is CC(c1nc(-c2ccc(F)c(F)c2)cs1)N1CCNCC1. The quantitative estimate of drug-likeness (QED) is 0.944. The van der Waals surface area contributed by atoms with Gasteiger partial charge in [0.15, 0.2) is 11.6 Å². The molecule has 1 unspecified atom stereocenters. The first-order valence-corrected chi connectivity index (χ1v) is 7.89. The molecule has 1 aromatic heterocycles. The molecule has 1 fully saturated rings. The van der Waals surface area contributed by atoms with Crippen molar-refractivity contribution in [3.8, 4) is 11.3 Å². The lowest BCUT2D eigenvalue weighted by atomic mass is 10.1. The molecule has 1 N–H and O–H groups in total. The molecule has 0 radical (unpaired) electrons. The van der Waals surface area contributed by atoms with Crippen LogP contribution in [0.15, 0.2) is 23.6 Å². The molecule has 1 aliphatic rings. The summed E-state index contributed by atoms with van der Waals surface area (Å²) in [6.45, 7) is 6.12. The monoisotopic (exact) mass is 309 g/mol. The van der Waals surface area contributed by atoms with Crippen LogP contribution in [0.1, 0.15) is 18.0 Å². The molecule has 3 nitrogen and oxygen atoms in total. The van der Waals surface area contributed by atoms with Gasteiger partial charge in [0.25, 0.3) is 0 Å².